The van der Waals surface area contributed by atoms with Gasteiger partial charge in [0.05, 0.1) is 19.3 Å². The lowest BCUT2D eigenvalue weighted by molar-refractivity contribution is -0.127. The van der Waals surface area contributed by atoms with E-state index < -0.39 is 6.04 Å². The van der Waals surface area contributed by atoms with Crippen molar-refractivity contribution in [3.05, 3.63) is 107 Å². The molecule has 6 heteroatoms. The highest BCUT2D eigenvalue weighted by atomic mass is 19.1. The van der Waals surface area contributed by atoms with Gasteiger partial charge >= 0.3 is 0 Å². The van der Waals surface area contributed by atoms with Crippen LogP contribution in [-0.2, 0) is 9.53 Å². The maximum atomic E-state index is 13.9. The van der Waals surface area contributed by atoms with Crippen LogP contribution in [0.3, 0.4) is 0 Å². The second-order valence-electron chi connectivity index (χ2n) is 9.78. The fraction of sp³-hybridized carbons (Fsp3) is 0.367. The van der Waals surface area contributed by atoms with Gasteiger partial charge in [-0.15, -0.1) is 0 Å². The standard InChI is InChI=1S/C30H32F2N2O2/c31-24-10-6-22(7-11-24)29(23-8-12-25(32)13-9-23)33-30(35)27-15-14-26(34-16-18-36-19-17-34)20-28(27)21-4-2-1-3-5-21/h1-13,26-29H,14-20H2,(H,33,35)/t26-,27-,28+/m1/s1. The Morgan fingerprint density at radius 3 is 2.00 bits per heavy atom. The van der Waals surface area contributed by atoms with Gasteiger partial charge in [0.25, 0.3) is 0 Å². The Morgan fingerprint density at radius 1 is 0.833 bits per heavy atom. The number of hydrogen-bond donors (Lipinski definition) is 1. The normalized spacial score (nSPS) is 22.9. The molecule has 3 aromatic rings. The molecule has 0 unspecified atom stereocenters. The van der Waals surface area contributed by atoms with Crippen LogP contribution in [0.4, 0.5) is 8.78 Å². The van der Waals surface area contributed by atoms with Crippen molar-refractivity contribution in [2.75, 3.05) is 26.3 Å². The molecule has 1 heterocycles. The number of rotatable bonds is 6. The highest BCUT2D eigenvalue weighted by molar-refractivity contribution is 5.81. The van der Waals surface area contributed by atoms with Crippen LogP contribution in [0.5, 0.6) is 0 Å². The molecule has 5 rings (SSSR count). The van der Waals surface area contributed by atoms with E-state index in [9.17, 15) is 13.6 Å². The number of carbonyl (C=O) groups excluding carboxylic acids is 1. The van der Waals surface area contributed by atoms with Gasteiger partial charge in [-0.25, -0.2) is 8.78 Å². The number of nitrogens with zero attached hydrogens (tertiary/aromatic N) is 1. The second kappa shape index (κ2) is 11.3. The Balaban J connectivity index is 1.40. The highest BCUT2D eigenvalue weighted by Gasteiger charge is 2.39. The van der Waals surface area contributed by atoms with Crippen LogP contribution in [0.25, 0.3) is 0 Å². The zero-order valence-electron chi connectivity index (χ0n) is 20.3. The molecule has 1 amide bonds. The van der Waals surface area contributed by atoms with Gasteiger partial charge in [-0.2, -0.15) is 0 Å². The average Bonchev–Trinajstić information content (AvgIpc) is 2.93. The maximum Gasteiger partial charge on any atom is 0.224 e. The Kier molecular flexibility index (Phi) is 7.73. The third-order valence-corrected chi connectivity index (χ3v) is 7.64. The molecule has 1 aliphatic heterocycles. The fourth-order valence-electron chi connectivity index (χ4n) is 5.72. The summed E-state index contributed by atoms with van der Waals surface area (Å²) in [7, 11) is 0. The number of benzene rings is 3. The van der Waals surface area contributed by atoms with Crippen molar-refractivity contribution in [1.29, 1.82) is 0 Å². The van der Waals surface area contributed by atoms with Gasteiger partial charge in [-0.1, -0.05) is 54.6 Å². The van der Waals surface area contributed by atoms with Crippen LogP contribution in [0.1, 0.15) is 47.9 Å². The Bertz CT molecular complexity index is 1090. The van der Waals surface area contributed by atoms with E-state index in [1.165, 1.54) is 29.8 Å². The molecule has 188 valence electrons. The van der Waals surface area contributed by atoms with Crippen LogP contribution in [0, 0.1) is 17.6 Å². The smallest absolute Gasteiger partial charge is 0.224 e. The Morgan fingerprint density at radius 2 is 1.42 bits per heavy atom. The zero-order chi connectivity index (χ0) is 24.9. The summed E-state index contributed by atoms with van der Waals surface area (Å²) in [5.41, 5.74) is 2.69. The molecular formula is C30H32F2N2O2. The minimum absolute atomic E-state index is 0.0251. The van der Waals surface area contributed by atoms with Gasteiger partial charge in [0.2, 0.25) is 5.91 Å². The number of morpholine rings is 1. The van der Waals surface area contributed by atoms with E-state index >= 15 is 0 Å². The summed E-state index contributed by atoms with van der Waals surface area (Å²) in [5, 5.41) is 3.23. The van der Waals surface area contributed by atoms with Gasteiger partial charge in [0.15, 0.2) is 0 Å². The predicted octanol–water partition coefficient (Wildman–Crippen LogP) is 5.46. The largest absolute Gasteiger partial charge is 0.379 e. The molecule has 2 fully saturated rings. The average molecular weight is 491 g/mol. The molecule has 1 N–H and O–H groups in total. The number of halogens is 2. The first kappa shape index (κ1) is 24.6. The van der Waals surface area contributed by atoms with Crippen molar-refractivity contribution in [3.63, 3.8) is 0 Å². The fourth-order valence-corrected chi connectivity index (χ4v) is 5.72. The van der Waals surface area contributed by atoms with Gasteiger partial charge < -0.3 is 10.1 Å². The van der Waals surface area contributed by atoms with Gasteiger partial charge in [-0.05, 0) is 66.1 Å². The van der Waals surface area contributed by atoms with Crippen LogP contribution >= 0.6 is 0 Å². The number of nitrogens with one attached hydrogen (secondary N) is 1. The molecule has 0 aromatic heterocycles. The zero-order valence-corrected chi connectivity index (χ0v) is 20.3. The van der Waals surface area contributed by atoms with Crippen molar-refractivity contribution in [2.45, 2.75) is 37.3 Å². The summed E-state index contributed by atoms with van der Waals surface area (Å²) < 4.78 is 32.8. The van der Waals surface area contributed by atoms with Crippen LogP contribution in [-0.4, -0.2) is 43.2 Å². The second-order valence-corrected chi connectivity index (χ2v) is 9.78. The van der Waals surface area contributed by atoms with Gasteiger partial charge in [-0.3, -0.25) is 9.69 Å². The molecule has 1 saturated heterocycles. The summed E-state index contributed by atoms with van der Waals surface area (Å²) in [6.45, 7) is 3.38. The summed E-state index contributed by atoms with van der Waals surface area (Å²) in [6, 6.07) is 22.5. The van der Waals surface area contributed by atoms with E-state index in [2.05, 4.69) is 22.3 Å². The first-order valence-corrected chi connectivity index (χ1v) is 12.8. The first-order valence-electron chi connectivity index (χ1n) is 12.8. The lowest BCUT2D eigenvalue weighted by Crippen LogP contribution is -2.48. The minimum Gasteiger partial charge on any atom is -0.379 e. The third-order valence-electron chi connectivity index (χ3n) is 7.64. The highest BCUT2D eigenvalue weighted by Crippen LogP contribution is 2.40. The summed E-state index contributed by atoms with van der Waals surface area (Å²) >= 11 is 0. The van der Waals surface area contributed by atoms with E-state index in [-0.39, 0.29) is 29.4 Å². The van der Waals surface area contributed by atoms with Crippen molar-refractivity contribution >= 4 is 5.91 Å². The molecule has 36 heavy (non-hydrogen) atoms. The minimum atomic E-state index is -0.493. The van der Waals surface area contributed by atoms with Crippen LogP contribution in [0.15, 0.2) is 78.9 Å². The van der Waals surface area contributed by atoms with E-state index in [1.54, 1.807) is 24.3 Å². The Labute approximate surface area is 211 Å². The number of amides is 1. The van der Waals surface area contributed by atoms with Crippen LogP contribution in [0.2, 0.25) is 0 Å². The summed E-state index contributed by atoms with van der Waals surface area (Å²) in [5.74, 6) is -0.798. The third kappa shape index (κ3) is 5.66. The number of hydrogen-bond acceptors (Lipinski definition) is 3. The van der Waals surface area contributed by atoms with Gasteiger partial charge in [0, 0.05) is 25.0 Å². The van der Waals surface area contributed by atoms with Gasteiger partial charge in [0.1, 0.15) is 11.6 Å². The van der Waals surface area contributed by atoms with E-state index in [0.717, 1.165) is 56.7 Å². The van der Waals surface area contributed by atoms with Crippen molar-refractivity contribution in [1.82, 2.24) is 10.2 Å². The van der Waals surface area contributed by atoms with Crippen LogP contribution < -0.4 is 5.32 Å². The molecule has 2 aliphatic rings. The molecule has 1 aliphatic carbocycles. The van der Waals surface area contributed by atoms with E-state index in [0.29, 0.717) is 6.04 Å². The Hall–Kier alpha value is -3.09. The molecule has 1 saturated carbocycles. The van der Waals surface area contributed by atoms with E-state index in [4.69, 9.17) is 4.74 Å². The van der Waals surface area contributed by atoms with Crippen molar-refractivity contribution < 1.29 is 18.3 Å². The lowest BCUT2D eigenvalue weighted by atomic mass is 9.72. The summed E-state index contributed by atoms with van der Waals surface area (Å²) in [4.78, 5) is 16.4. The molecule has 0 radical (unpaired) electrons. The predicted molar refractivity (Wildman–Crippen MR) is 135 cm³/mol. The first-order chi connectivity index (χ1) is 17.6. The molecule has 4 nitrogen and oxygen atoms in total. The SMILES string of the molecule is O=C(NC(c1ccc(F)cc1)c1ccc(F)cc1)[C@@H]1CC[C@@H](N2CCOCC2)C[C@H]1c1ccccc1. The van der Waals surface area contributed by atoms with Crippen molar-refractivity contribution in [3.8, 4) is 0 Å². The molecule has 0 spiro atoms. The molecular weight excluding hydrogens is 458 g/mol. The number of ether oxygens (including phenoxy) is 1. The lowest BCUT2D eigenvalue weighted by Gasteiger charge is -2.42. The molecule has 3 atom stereocenters. The monoisotopic (exact) mass is 490 g/mol. The van der Waals surface area contributed by atoms with E-state index in [1.807, 2.05) is 18.2 Å². The molecule has 3 aromatic carbocycles. The summed E-state index contributed by atoms with van der Waals surface area (Å²) in [6.07, 6.45) is 2.66. The molecule has 0 bridgehead atoms. The maximum absolute atomic E-state index is 13.9. The topological polar surface area (TPSA) is 41.6 Å². The quantitative estimate of drug-likeness (QED) is 0.499. The number of carbonyl (C=O) groups is 1. The van der Waals surface area contributed by atoms with Crippen molar-refractivity contribution in [2.24, 2.45) is 5.92 Å².